The van der Waals surface area contributed by atoms with Crippen molar-refractivity contribution in [3.63, 3.8) is 0 Å². The molecule has 1 spiro atoms. The first-order valence-corrected chi connectivity index (χ1v) is 9.54. The van der Waals surface area contributed by atoms with Crippen LogP contribution in [0.15, 0.2) is 0 Å². The van der Waals surface area contributed by atoms with Crippen LogP contribution in [0, 0.1) is 5.41 Å². The first-order valence-electron chi connectivity index (χ1n) is 9.54. The Morgan fingerprint density at radius 2 is 2.17 bits per heavy atom. The van der Waals surface area contributed by atoms with Gasteiger partial charge in [-0.3, -0.25) is 0 Å². The Labute approximate surface area is 144 Å². The largest absolute Gasteiger partial charge is 0.378 e. The van der Waals surface area contributed by atoms with Gasteiger partial charge in [0.25, 0.3) is 0 Å². The van der Waals surface area contributed by atoms with Gasteiger partial charge in [-0.1, -0.05) is 12.8 Å². The molecular weight excluding hydrogens is 304 g/mol. The second-order valence-corrected chi connectivity index (χ2v) is 7.63. The summed E-state index contributed by atoms with van der Waals surface area (Å²) in [6.45, 7) is 4.39. The highest BCUT2D eigenvalue weighted by atomic mass is 16.5. The summed E-state index contributed by atoms with van der Waals surface area (Å²) in [6, 6.07) is 1.12. The summed E-state index contributed by atoms with van der Waals surface area (Å²) < 4.78 is 13.3. The lowest BCUT2D eigenvalue weighted by molar-refractivity contribution is -0.133. The monoisotopic (exact) mass is 334 g/mol. The van der Waals surface area contributed by atoms with Crippen LogP contribution in [0.25, 0.3) is 0 Å². The molecule has 0 unspecified atom stereocenters. The molecule has 2 heterocycles. The zero-order chi connectivity index (χ0) is 16.6. The van der Waals surface area contributed by atoms with Crippen LogP contribution in [0.2, 0.25) is 0 Å². The Hall–Kier alpha value is -0.980. The van der Waals surface area contributed by atoms with Crippen LogP contribution in [0.1, 0.15) is 57.1 Å². The van der Waals surface area contributed by atoms with Gasteiger partial charge in [0.05, 0.1) is 12.6 Å². The highest BCUT2D eigenvalue weighted by molar-refractivity contribution is 5.11. The van der Waals surface area contributed by atoms with Gasteiger partial charge in [-0.15, -0.1) is 0 Å². The van der Waals surface area contributed by atoms with Crippen LogP contribution in [-0.4, -0.2) is 46.7 Å². The van der Waals surface area contributed by atoms with E-state index >= 15 is 0 Å². The summed E-state index contributed by atoms with van der Waals surface area (Å²) in [4.78, 5) is 4.57. The van der Waals surface area contributed by atoms with E-state index in [9.17, 15) is 0 Å². The molecule has 6 nitrogen and oxygen atoms in total. The molecule has 0 radical (unpaired) electrons. The van der Waals surface area contributed by atoms with Crippen LogP contribution in [0.5, 0.6) is 0 Å². The molecular formula is C18H30N4O2. The number of hydrogen-bond donors (Lipinski definition) is 1. The second kappa shape index (κ2) is 6.73. The highest BCUT2D eigenvalue weighted by Crippen LogP contribution is 2.54. The lowest BCUT2D eigenvalue weighted by atomic mass is 9.60. The van der Waals surface area contributed by atoms with Gasteiger partial charge in [0.1, 0.15) is 12.4 Å². The molecule has 134 valence electrons. The van der Waals surface area contributed by atoms with Crippen LogP contribution < -0.4 is 5.32 Å². The van der Waals surface area contributed by atoms with E-state index in [2.05, 4.69) is 27.0 Å². The van der Waals surface area contributed by atoms with Crippen molar-refractivity contribution in [2.75, 3.05) is 13.7 Å². The van der Waals surface area contributed by atoms with E-state index in [-0.39, 0.29) is 0 Å². The fourth-order valence-corrected chi connectivity index (χ4v) is 5.09. The van der Waals surface area contributed by atoms with Crippen molar-refractivity contribution in [3.8, 4) is 0 Å². The fraction of sp³-hybridized carbons (Fsp3) is 0.889. The first-order chi connectivity index (χ1) is 11.7. The molecule has 1 aromatic heterocycles. The lowest BCUT2D eigenvalue weighted by Crippen LogP contribution is -2.65. The Bertz CT molecular complexity index is 567. The average molecular weight is 334 g/mol. The quantitative estimate of drug-likeness (QED) is 0.863. The molecule has 1 N–H and O–H groups in total. The van der Waals surface area contributed by atoms with E-state index in [1.54, 1.807) is 7.11 Å². The number of rotatable bonds is 6. The summed E-state index contributed by atoms with van der Waals surface area (Å²) >= 11 is 0. The topological polar surface area (TPSA) is 61.2 Å². The van der Waals surface area contributed by atoms with Crippen LogP contribution in [0.4, 0.5) is 0 Å². The van der Waals surface area contributed by atoms with Gasteiger partial charge in [-0.25, -0.2) is 9.67 Å². The van der Waals surface area contributed by atoms with E-state index in [1.807, 2.05) is 0 Å². The molecule has 0 amide bonds. The molecule has 1 aliphatic heterocycles. The predicted octanol–water partition coefficient (Wildman–Crippen LogP) is 2.07. The molecule has 2 fully saturated rings. The van der Waals surface area contributed by atoms with Crippen molar-refractivity contribution < 1.29 is 9.47 Å². The minimum absolute atomic E-state index is 0.403. The zero-order valence-corrected chi connectivity index (χ0v) is 15.0. The van der Waals surface area contributed by atoms with Crippen molar-refractivity contribution in [2.24, 2.45) is 5.41 Å². The van der Waals surface area contributed by atoms with Gasteiger partial charge in [0.15, 0.2) is 5.82 Å². The molecule has 6 heteroatoms. The maximum atomic E-state index is 6.04. The van der Waals surface area contributed by atoms with Crippen molar-refractivity contribution in [1.82, 2.24) is 20.1 Å². The highest BCUT2D eigenvalue weighted by Gasteiger charge is 2.56. The Morgan fingerprint density at radius 1 is 1.33 bits per heavy atom. The predicted molar refractivity (Wildman–Crippen MR) is 90.7 cm³/mol. The third-order valence-corrected chi connectivity index (χ3v) is 6.30. The summed E-state index contributed by atoms with van der Waals surface area (Å²) in [5, 5.41) is 8.55. The minimum atomic E-state index is 0.403. The molecule has 1 aromatic rings. The van der Waals surface area contributed by atoms with Gasteiger partial charge in [0, 0.05) is 37.6 Å². The summed E-state index contributed by atoms with van der Waals surface area (Å²) in [6.07, 6.45) is 9.17. The van der Waals surface area contributed by atoms with Gasteiger partial charge in [-0.05, 0) is 32.6 Å². The zero-order valence-electron chi connectivity index (χ0n) is 15.0. The molecule has 2 aliphatic carbocycles. The number of nitrogens with one attached hydrogen (secondary N) is 1. The summed E-state index contributed by atoms with van der Waals surface area (Å²) in [7, 11) is 1.69. The van der Waals surface area contributed by atoms with Crippen LogP contribution in [0.3, 0.4) is 0 Å². The summed E-state index contributed by atoms with van der Waals surface area (Å²) in [5.74, 6) is 1.91. The van der Waals surface area contributed by atoms with Gasteiger partial charge >= 0.3 is 0 Å². The van der Waals surface area contributed by atoms with Crippen molar-refractivity contribution >= 4 is 0 Å². The van der Waals surface area contributed by atoms with Crippen molar-refractivity contribution in [1.29, 1.82) is 0 Å². The van der Waals surface area contributed by atoms with Crippen molar-refractivity contribution in [3.05, 3.63) is 11.6 Å². The number of fused-ring (bicyclic) bond motifs is 1. The third-order valence-electron chi connectivity index (χ3n) is 6.30. The van der Waals surface area contributed by atoms with Crippen LogP contribution in [-0.2, 0) is 29.0 Å². The van der Waals surface area contributed by atoms with Crippen LogP contribution >= 0.6 is 0 Å². The number of hydrogen-bond acceptors (Lipinski definition) is 5. The van der Waals surface area contributed by atoms with Gasteiger partial charge in [-0.2, -0.15) is 5.10 Å². The third kappa shape index (κ3) is 2.78. The van der Waals surface area contributed by atoms with E-state index in [4.69, 9.17) is 9.47 Å². The second-order valence-electron chi connectivity index (χ2n) is 7.63. The molecule has 2 saturated carbocycles. The molecule has 4 rings (SSSR count). The number of nitrogens with zero attached hydrogens (tertiary/aromatic N) is 3. The van der Waals surface area contributed by atoms with Gasteiger partial charge < -0.3 is 14.8 Å². The Kier molecular flexibility index (Phi) is 4.62. The SMILES string of the molecule is CCO[C@@H]1C[C@@H](N[C@@H]2CCc3nc(COC)nn3C2)C12CCCC2. The standard InChI is InChI=1S/C18H30N4O2/c1-3-24-15-10-14(18(15)8-4-5-9-18)19-13-6-7-17-20-16(12-23-2)21-22(17)11-13/h13-15,19H,3-12H2,1-2H3/t13-,14-,15-/m1/s1. The fourth-order valence-electron chi connectivity index (χ4n) is 5.09. The number of aromatic nitrogens is 3. The Balaban J connectivity index is 1.39. The van der Waals surface area contributed by atoms with E-state index < -0.39 is 0 Å². The maximum Gasteiger partial charge on any atom is 0.176 e. The van der Waals surface area contributed by atoms with Crippen molar-refractivity contribution in [2.45, 2.75) is 83.2 Å². The van der Waals surface area contributed by atoms with E-state index in [0.29, 0.717) is 30.2 Å². The average Bonchev–Trinajstić information content (AvgIpc) is 3.22. The normalized spacial score (nSPS) is 31.2. The van der Waals surface area contributed by atoms with Gasteiger partial charge in [0.2, 0.25) is 0 Å². The first kappa shape index (κ1) is 16.5. The molecule has 0 aromatic carbocycles. The Morgan fingerprint density at radius 3 is 2.92 bits per heavy atom. The molecule has 24 heavy (non-hydrogen) atoms. The molecule has 0 saturated heterocycles. The number of methoxy groups -OCH3 is 1. The van der Waals surface area contributed by atoms with E-state index in [0.717, 1.165) is 37.6 Å². The summed E-state index contributed by atoms with van der Waals surface area (Å²) in [5.41, 5.74) is 0.403. The molecule has 0 bridgehead atoms. The van der Waals surface area contributed by atoms with E-state index in [1.165, 1.54) is 32.1 Å². The smallest absolute Gasteiger partial charge is 0.176 e. The number of ether oxygens (including phenoxy) is 2. The maximum absolute atomic E-state index is 6.04. The molecule has 3 atom stereocenters. The number of aryl methyl sites for hydroxylation is 1. The minimum Gasteiger partial charge on any atom is -0.378 e. The molecule has 3 aliphatic rings. The lowest BCUT2D eigenvalue weighted by Gasteiger charge is -2.55.